The Morgan fingerprint density at radius 1 is 1.64 bits per heavy atom. The van der Waals surface area contributed by atoms with Crippen LogP contribution in [0.3, 0.4) is 0 Å². The molecule has 0 heterocycles. The molecular formula is C9H20OSi. The van der Waals surface area contributed by atoms with E-state index in [4.69, 9.17) is 4.74 Å². The summed E-state index contributed by atoms with van der Waals surface area (Å²) in [7, 11) is -0.625. The molecule has 1 nitrogen and oxygen atoms in total. The summed E-state index contributed by atoms with van der Waals surface area (Å²) in [5.41, 5.74) is 0.528. The number of hydrogen-bond acceptors (Lipinski definition) is 1. The second-order valence-corrected chi connectivity index (χ2v) is 6.47. The van der Waals surface area contributed by atoms with Gasteiger partial charge >= 0.3 is 0 Å². The first-order valence-corrected chi connectivity index (χ1v) is 7.08. The van der Waals surface area contributed by atoms with Gasteiger partial charge in [0.2, 0.25) is 0 Å². The SMILES string of the molecule is C=CCC[SiH](C)C(C)OCC. The van der Waals surface area contributed by atoms with Gasteiger partial charge in [-0.25, -0.2) is 0 Å². The third-order valence-corrected chi connectivity index (χ3v) is 5.10. The molecule has 0 aromatic heterocycles. The van der Waals surface area contributed by atoms with E-state index in [2.05, 4.69) is 27.0 Å². The van der Waals surface area contributed by atoms with Crippen molar-refractivity contribution in [3.63, 3.8) is 0 Å². The van der Waals surface area contributed by atoms with E-state index in [0.717, 1.165) is 13.0 Å². The first-order chi connectivity index (χ1) is 5.22. The molecule has 2 atom stereocenters. The van der Waals surface area contributed by atoms with Crippen LogP contribution in [0.2, 0.25) is 12.6 Å². The molecule has 0 aliphatic rings. The molecule has 0 fully saturated rings. The average molecular weight is 172 g/mol. The molecule has 0 saturated carbocycles. The maximum absolute atomic E-state index is 5.53. The van der Waals surface area contributed by atoms with Gasteiger partial charge in [-0.3, -0.25) is 0 Å². The minimum Gasteiger partial charge on any atom is -0.383 e. The van der Waals surface area contributed by atoms with Crippen molar-refractivity contribution >= 4 is 8.80 Å². The highest BCUT2D eigenvalue weighted by molar-refractivity contribution is 6.58. The van der Waals surface area contributed by atoms with Crippen molar-refractivity contribution in [3.8, 4) is 0 Å². The number of rotatable bonds is 6. The van der Waals surface area contributed by atoms with Crippen LogP contribution in [0.25, 0.3) is 0 Å². The lowest BCUT2D eigenvalue weighted by Crippen LogP contribution is -2.27. The van der Waals surface area contributed by atoms with Gasteiger partial charge in [0.15, 0.2) is 0 Å². The molecule has 2 unspecified atom stereocenters. The second kappa shape index (κ2) is 6.62. The maximum Gasteiger partial charge on any atom is 0.0685 e. The van der Waals surface area contributed by atoms with Crippen molar-refractivity contribution in [3.05, 3.63) is 12.7 Å². The minimum atomic E-state index is -0.625. The normalized spacial score (nSPS) is 15.9. The molecule has 0 saturated heterocycles. The molecule has 0 rings (SSSR count). The second-order valence-electron chi connectivity index (χ2n) is 3.00. The number of allylic oxidation sites excluding steroid dienone is 1. The molecular weight excluding hydrogens is 152 g/mol. The van der Waals surface area contributed by atoms with Crippen LogP contribution in [0, 0.1) is 0 Å². The Hall–Kier alpha value is -0.0831. The minimum absolute atomic E-state index is 0.528. The summed E-state index contributed by atoms with van der Waals surface area (Å²) in [4.78, 5) is 0. The van der Waals surface area contributed by atoms with Crippen molar-refractivity contribution < 1.29 is 4.74 Å². The largest absolute Gasteiger partial charge is 0.383 e. The van der Waals surface area contributed by atoms with E-state index in [1.165, 1.54) is 6.04 Å². The van der Waals surface area contributed by atoms with Gasteiger partial charge < -0.3 is 4.74 Å². The predicted molar refractivity (Wildman–Crippen MR) is 53.7 cm³/mol. The highest BCUT2D eigenvalue weighted by atomic mass is 28.3. The molecule has 0 N–H and O–H groups in total. The van der Waals surface area contributed by atoms with Crippen molar-refractivity contribution in [2.75, 3.05) is 6.61 Å². The Morgan fingerprint density at radius 3 is 2.73 bits per heavy atom. The molecule has 0 amide bonds. The van der Waals surface area contributed by atoms with Gasteiger partial charge in [-0.05, 0) is 20.3 Å². The topological polar surface area (TPSA) is 9.23 Å². The Kier molecular flexibility index (Phi) is 6.57. The van der Waals surface area contributed by atoms with Crippen molar-refractivity contribution in [1.82, 2.24) is 0 Å². The quantitative estimate of drug-likeness (QED) is 0.441. The van der Waals surface area contributed by atoms with Crippen LogP contribution in [0.1, 0.15) is 20.3 Å². The highest BCUT2D eigenvalue weighted by Crippen LogP contribution is 2.05. The molecule has 0 aromatic rings. The molecule has 2 heteroatoms. The molecule has 0 aromatic carbocycles. The van der Waals surface area contributed by atoms with E-state index >= 15 is 0 Å². The van der Waals surface area contributed by atoms with E-state index < -0.39 is 8.80 Å². The van der Waals surface area contributed by atoms with Crippen LogP contribution in [0.5, 0.6) is 0 Å². The van der Waals surface area contributed by atoms with Crippen LogP contribution >= 0.6 is 0 Å². The van der Waals surface area contributed by atoms with Crippen molar-refractivity contribution in [2.24, 2.45) is 0 Å². The predicted octanol–water partition coefficient (Wildman–Crippen LogP) is 2.38. The van der Waals surface area contributed by atoms with Crippen molar-refractivity contribution in [2.45, 2.75) is 38.6 Å². The van der Waals surface area contributed by atoms with Crippen LogP contribution in [-0.2, 0) is 4.74 Å². The van der Waals surface area contributed by atoms with E-state index in [1.807, 2.05) is 6.08 Å². The lowest BCUT2D eigenvalue weighted by molar-refractivity contribution is 0.126. The lowest BCUT2D eigenvalue weighted by atomic mass is 10.5. The van der Waals surface area contributed by atoms with E-state index in [9.17, 15) is 0 Å². The van der Waals surface area contributed by atoms with Crippen molar-refractivity contribution in [1.29, 1.82) is 0 Å². The van der Waals surface area contributed by atoms with Crippen LogP contribution < -0.4 is 0 Å². The Labute approximate surface area is 72.1 Å². The van der Waals surface area contributed by atoms with Crippen LogP contribution in [0.4, 0.5) is 0 Å². The average Bonchev–Trinajstić information content (AvgIpc) is 2.00. The zero-order chi connectivity index (χ0) is 8.69. The fourth-order valence-corrected chi connectivity index (χ4v) is 2.79. The van der Waals surface area contributed by atoms with Gasteiger partial charge in [-0.15, -0.1) is 6.58 Å². The first-order valence-electron chi connectivity index (χ1n) is 4.44. The molecule has 0 radical (unpaired) electrons. The van der Waals surface area contributed by atoms with Crippen LogP contribution in [-0.4, -0.2) is 21.1 Å². The summed E-state index contributed by atoms with van der Waals surface area (Å²) in [5, 5.41) is 0. The monoisotopic (exact) mass is 172 g/mol. The summed E-state index contributed by atoms with van der Waals surface area (Å²) in [6.07, 6.45) is 3.16. The van der Waals surface area contributed by atoms with E-state index in [0.29, 0.717) is 5.73 Å². The van der Waals surface area contributed by atoms with Gasteiger partial charge in [0.25, 0.3) is 0 Å². The molecule has 0 aliphatic carbocycles. The Morgan fingerprint density at radius 2 is 2.27 bits per heavy atom. The van der Waals surface area contributed by atoms with Gasteiger partial charge in [0.05, 0.1) is 8.80 Å². The maximum atomic E-state index is 5.53. The Balaban J connectivity index is 3.45. The lowest BCUT2D eigenvalue weighted by Gasteiger charge is -2.17. The fraction of sp³-hybridized carbons (Fsp3) is 0.778. The smallest absolute Gasteiger partial charge is 0.0685 e. The standard InChI is InChI=1S/C9H20OSi/c1-5-7-8-11(4)9(3)10-6-2/h5,9,11H,1,6-8H2,2-4H3. The van der Waals surface area contributed by atoms with Gasteiger partial charge in [0, 0.05) is 12.3 Å². The summed E-state index contributed by atoms with van der Waals surface area (Å²) in [6, 6.07) is 1.32. The Bertz CT molecular complexity index is 104. The summed E-state index contributed by atoms with van der Waals surface area (Å²) in [5.74, 6) is 0. The zero-order valence-electron chi connectivity index (χ0n) is 7.97. The number of hydrogen-bond donors (Lipinski definition) is 0. The highest BCUT2D eigenvalue weighted by Gasteiger charge is 2.11. The van der Waals surface area contributed by atoms with E-state index in [1.54, 1.807) is 0 Å². The molecule has 0 bridgehead atoms. The first kappa shape index (κ1) is 10.9. The molecule has 11 heavy (non-hydrogen) atoms. The number of ether oxygens (including phenoxy) is 1. The fourth-order valence-electron chi connectivity index (χ4n) is 1.04. The summed E-state index contributed by atoms with van der Waals surface area (Å²) >= 11 is 0. The molecule has 0 aliphatic heterocycles. The van der Waals surface area contributed by atoms with Gasteiger partial charge in [-0.1, -0.05) is 18.7 Å². The third kappa shape index (κ3) is 5.22. The third-order valence-electron chi connectivity index (χ3n) is 2.06. The molecule has 66 valence electrons. The van der Waals surface area contributed by atoms with Gasteiger partial charge in [-0.2, -0.15) is 0 Å². The summed E-state index contributed by atoms with van der Waals surface area (Å²) < 4.78 is 5.53. The molecule has 0 spiro atoms. The van der Waals surface area contributed by atoms with E-state index in [-0.39, 0.29) is 0 Å². The zero-order valence-corrected chi connectivity index (χ0v) is 9.12. The van der Waals surface area contributed by atoms with Gasteiger partial charge in [0.1, 0.15) is 0 Å². The summed E-state index contributed by atoms with van der Waals surface area (Å²) in [6.45, 7) is 11.2. The van der Waals surface area contributed by atoms with Crippen LogP contribution in [0.15, 0.2) is 12.7 Å².